The van der Waals surface area contributed by atoms with E-state index in [-0.39, 0.29) is 16.6 Å². The summed E-state index contributed by atoms with van der Waals surface area (Å²) in [4.78, 5) is 17.3. The van der Waals surface area contributed by atoms with Crippen molar-refractivity contribution in [2.75, 3.05) is 13.2 Å². The molecule has 1 atom stereocenters. The minimum absolute atomic E-state index is 0.0181. The Morgan fingerprint density at radius 1 is 1.21 bits per heavy atom. The normalized spacial score (nSPS) is 23.0. The van der Waals surface area contributed by atoms with E-state index in [9.17, 15) is 4.79 Å². The summed E-state index contributed by atoms with van der Waals surface area (Å²) in [5.74, 6) is 0.317. The number of rotatable bonds is 4. The van der Waals surface area contributed by atoms with E-state index in [4.69, 9.17) is 14.1 Å². The molecule has 2 aliphatic rings. The van der Waals surface area contributed by atoms with Gasteiger partial charge in [-0.1, -0.05) is 34.6 Å². The number of ether oxygens (including phenoxy) is 1. The van der Waals surface area contributed by atoms with Gasteiger partial charge in [-0.15, -0.1) is 0 Å². The average Bonchev–Trinajstić information content (AvgIpc) is 2.59. The van der Waals surface area contributed by atoms with E-state index in [1.807, 2.05) is 0 Å². The second-order valence-electron chi connectivity index (χ2n) is 11.3. The topological polar surface area (TPSA) is 48.4 Å². The van der Waals surface area contributed by atoms with Gasteiger partial charge in [-0.05, 0) is 61.7 Å². The first-order valence-corrected chi connectivity index (χ1v) is 14.0. The van der Waals surface area contributed by atoms with Crippen LogP contribution in [0.1, 0.15) is 98.8 Å². The molecule has 0 aromatic carbocycles. The maximum atomic E-state index is 12.2. The fraction of sp³-hybridized carbons (Fsp3) is 0.750. The van der Waals surface area contributed by atoms with Crippen LogP contribution in [0.3, 0.4) is 0 Å². The molecule has 162 valence electrons. The van der Waals surface area contributed by atoms with Gasteiger partial charge in [0.25, 0.3) is 0 Å². The number of aldehydes is 1. The predicted octanol–water partition coefficient (Wildman–Crippen LogP) is 6.13. The summed E-state index contributed by atoms with van der Waals surface area (Å²) in [7, 11) is -1.95. The third kappa shape index (κ3) is 4.52. The number of pyridine rings is 1. The monoisotopic (exact) mass is 417 g/mol. The van der Waals surface area contributed by atoms with Crippen molar-refractivity contribution in [3.05, 3.63) is 28.1 Å². The second-order valence-corrected chi connectivity index (χ2v) is 16.1. The number of aromatic nitrogens is 1. The lowest BCUT2D eigenvalue weighted by Gasteiger charge is -2.44. The summed E-state index contributed by atoms with van der Waals surface area (Å²) >= 11 is 0. The molecule has 5 heteroatoms. The number of nitrogens with zero attached hydrogens (tertiary/aromatic N) is 1. The quantitative estimate of drug-likeness (QED) is 0.436. The first-order chi connectivity index (χ1) is 13.4. The van der Waals surface area contributed by atoms with Crippen LogP contribution in [-0.4, -0.2) is 32.8 Å². The van der Waals surface area contributed by atoms with Gasteiger partial charge in [0.15, 0.2) is 14.6 Å². The second kappa shape index (κ2) is 7.90. The van der Waals surface area contributed by atoms with Crippen molar-refractivity contribution in [3.63, 3.8) is 0 Å². The van der Waals surface area contributed by atoms with Crippen molar-refractivity contribution in [3.8, 4) is 0 Å². The fourth-order valence-corrected chi connectivity index (χ4v) is 5.84. The van der Waals surface area contributed by atoms with Crippen molar-refractivity contribution in [1.29, 1.82) is 0 Å². The maximum absolute atomic E-state index is 12.2. The smallest absolute Gasteiger partial charge is 0.192 e. The largest absolute Gasteiger partial charge is 0.410 e. The van der Waals surface area contributed by atoms with E-state index in [2.05, 4.69) is 54.6 Å². The molecule has 2 heterocycles. The molecule has 0 spiro atoms. The molecule has 1 aliphatic heterocycles. The van der Waals surface area contributed by atoms with E-state index >= 15 is 0 Å². The molecule has 1 fully saturated rings. The van der Waals surface area contributed by atoms with E-state index in [1.54, 1.807) is 0 Å². The van der Waals surface area contributed by atoms with Crippen molar-refractivity contribution < 1.29 is 14.0 Å². The Balaban J connectivity index is 2.10. The van der Waals surface area contributed by atoms with E-state index in [0.717, 1.165) is 67.7 Å². The van der Waals surface area contributed by atoms with E-state index < -0.39 is 8.32 Å². The highest BCUT2D eigenvalue weighted by Crippen LogP contribution is 2.48. The molecule has 1 aliphatic carbocycles. The molecule has 0 unspecified atom stereocenters. The van der Waals surface area contributed by atoms with Crippen LogP contribution in [0.5, 0.6) is 0 Å². The average molecular weight is 418 g/mol. The van der Waals surface area contributed by atoms with Crippen LogP contribution in [0, 0.1) is 12.3 Å². The van der Waals surface area contributed by atoms with Gasteiger partial charge in [0, 0.05) is 36.0 Å². The molecule has 29 heavy (non-hydrogen) atoms. The van der Waals surface area contributed by atoms with E-state index in [1.165, 1.54) is 5.56 Å². The van der Waals surface area contributed by atoms with E-state index in [0.29, 0.717) is 5.92 Å². The molecule has 1 aromatic heterocycles. The summed E-state index contributed by atoms with van der Waals surface area (Å²) in [5.41, 5.74) is 5.34. The van der Waals surface area contributed by atoms with Gasteiger partial charge in [0.2, 0.25) is 0 Å². The van der Waals surface area contributed by atoms with Gasteiger partial charge in [0.05, 0.1) is 11.8 Å². The van der Waals surface area contributed by atoms with Crippen LogP contribution in [-0.2, 0) is 15.6 Å². The van der Waals surface area contributed by atoms with Crippen molar-refractivity contribution in [2.24, 2.45) is 5.41 Å². The van der Waals surface area contributed by atoms with Gasteiger partial charge >= 0.3 is 0 Å². The summed E-state index contributed by atoms with van der Waals surface area (Å²) in [6.45, 7) is 19.7. The molecule has 0 saturated carbocycles. The Bertz CT molecular complexity index is 773. The van der Waals surface area contributed by atoms with Gasteiger partial charge in [-0.25, -0.2) is 0 Å². The Kier molecular flexibility index (Phi) is 6.16. The maximum Gasteiger partial charge on any atom is 0.192 e. The number of fused-ring (bicyclic) bond motifs is 1. The lowest BCUT2D eigenvalue weighted by atomic mass is 9.73. The summed E-state index contributed by atoms with van der Waals surface area (Å²) < 4.78 is 12.5. The SMILES string of the molecule is Cc1c(C=O)c(C2CCOCC2)nc2c1[C@@H](O[Si](C)(C)C(C)(C)C)CC(C)(C)C2. The Hall–Kier alpha value is -1.04. The third-order valence-corrected chi connectivity index (χ3v) is 11.8. The zero-order chi connectivity index (χ0) is 21.6. The van der Waals surface area contributed by atoms with Gasteiger partial charge in [0.1, 0.15) is 0 Å². The first-order valence-electron chi connectivity index (χ1n) is 11.1. The van der Waals surface area contributed by atoms with Crippen LogP contribution in [0.4, 0.5) is 0 Å². The molecule has 0 bridgehead atoms. The zero-order valence-electron chi connectivity index (χ0n) is 19.6. The lowest BCUT2D eigenvalue weighted by molar-refractivity contribution is 0.0833. The first kappa shape index (κ1) is 22.6. The molecule has 0 amide bonds. The molecule has 0 N–H and O–H groups in total. The van der Waals surface area contributed by atoms with Gasteiger partial charge in [-0.2, -0.15) is 0 Å². The lowest BCUT2D eigenvalue weighted by Crippen LogP contribution is -2.44. The molecule has 4 nitrogen and oxygen atoms in total. The Labute approximate surface area is 177 Å². The van der Waals surface area contributed by atoms with Gasteiger partial charge in [-0.3, -0.25) is 9.78 Å². The van der Waals surface area contributed by atoms with Crippen LogP contribution >= 0.6 is 0 Å². The highest BCUT2D eigenvalue weighted by molar-refractivity contribution is 6.74. The van der Waals surface area contributed by atoms with Crippen molar-refractivity contribution in [2.45, 2.75) is 97.4 Å². The molecule has 1 saturated heterocycles. The Morgan fingerprint density at radius 3 is 2.38 bits per heavy atom. The number of carbonyl (C=O) groups excluding carboxylic acids is 1. The highest BCUT2D eigenvalue weighted by Gasteiger charge is 2.44. The molecule has 3 rings (SSSR count). The number of carbonyl (C=O) groups is 1. The van der Waals surface area contributed by atoms with Gasteiger partial charge < -0.3 is 9.16 Å². The molecule has 0 radical (unpaired) electrons. The van der Waals surface area contributed by atoms with Crippen LogP contribution in [0.15, 0.2) is 0 Å². The number of hydrogen-bond donors (Lipinski definition) is 0. The predicted molar refractivity (Wildman–Crippen MR) is 120 cm³/mol. The van der Waals surface area contributed by atoms with Crippen LogP contribution < -0.4 is 0 Å². The van der Waals surface area contributed by atoms with Crippen LogP contribution in [0.25, 0.3) is 0 Å². The summed E-state index contributed by atoms with van der Waals surface area (Å²) in [5, 5.41) is 0.144. The highest BCUT2D eigenvalue weighted by atomic mass is 28.4. The molecular weight excluding hydrogens is 378 g/mol. The van der Waals surface area contributed by atoms with Crippen LogP contribution in [0.2, 0.25) is 18.1 Å². The summed E-state index contributed by atoms with van der Waals surface area (Å²) in [6, 6.07) is 0. The molecular formula is C24H39NO3Si. The standard InChI is InChI=1S/C24H39NO3Si/c1-16-18(15-26)22(17-9-11-27-12-10-17)25-19-13-24(5,6)14-20(21(16)19)28-29(7,8)23(2,3)4/h15,17,20H,9-14H2,1-8H3/t20-/m0/s1. The van der Waals surface area contributed by atoms with Crippen molar-refractivity contribution >= 4 is 14.6 Å². The fourth-order valence-electron chi connectivity index (χ4n) is 4.57. The minimum Gasteiger partial charge on any atom is -0.410 e. The van der Waals surface area contributed by atoms with Crippen molar-refractivity contribution in [1.82, 2.24) is 4.98 Å². The Morgan fingerprint density at radius 2 is 1.83 bits per heavy atom. The third-order valence-electron chi connectivity index (χ3n) is 7.33. The minimum atomic E-state index is -1.95. The summed E-state index contributed by atoms with van der Waals surface area (Å²) in [6.07, 6.45) is 4.85. The zero-order valence-corrected chi connectivity index (χ0v) is 20.6. The number of hydrogen-bond acceptors (Lipinski definition) is 4. The molecule has 1 aromatic rings.